The molecule has 0 fully saturated rings. The lowest BCUT2D eigenvalue weighted by Gasteiger charge is -2.20. The van der Waals surface area contributed by atoms with E-state index < -0.39 is 22.3 Å². The van der Waals surface area contributed by atoms with Crippen molar-refractivity contribution in [3.8, 4) is 0 Å². The summed E-state index contributed by atoms with van der Waals surface area (Å²) in [5.41, 5.74) is -0.398. The van der Waals surface area contributed by atoms with Crippen LogP contribution in [0.1, 0.15) is 31.3 Å². The van der Waals surface area contributed by atoms with Gasteiger partial charge in [-0.2, -0.15) is 0 Å². The highest BCUT2D eigenvalue weighted by Gasteiger charge is 2.19. The molecule has 0 atom stereocenters. The van der Waals surface area contributed by atoms with Crippen molar-refractivity contribution in [2.45, 2.75) is 26.3 Å². The van der Waals surface area contributed by atoms with Gasteiger partial charge in [0, 0.05) is 5.54 Å². The Kier molecular flexibility index (Phi) is 4.26. The zero-order valence-electron chi connectivity index (χ0n) is 10.9. The number of nitro groups is 1. The molecule has 0 aromatic carbocycles. The molecule has 0 saturated carbocycles. The summed E-state index contributed by atoms with van der Waals surface area (Å²) in [5, 5.41) is 15.3. The summed E-state index contributed by atoms with van der Waals surface area (Å²) in [6.07, 6.45) is 0. The van der Waals surface area contributed by atoms with Crippen molar-refractivity contribution in [1.82, 2.24) is 10.6 Å². The van der Waals surface area contributed by atoms with Crippen LogP contribution in [0.15, 0.2) is 16.5 Å². The van der Waals surface area contributed by atoms with Crippen LogP contribution in [0.25, 0.3) is 0 Å². The lowest BCUT2D eigenvalue weighted by Crippen LogP contribution is -2.45. The molecule has 8 nitrogen and oxygen atoms in total. The monoisotopic (exact) mass is 269 g/mol. The van der Waals surface area contributed by atoms with Crippen LogP contribution in [0.3, 0.4) is 0 Å². The largest absolute Gasteiger partial charge is 0.433 e. The minimum atomic E-state index is -0.747. The Labute approximate surface area is 109 Å². The maximum atomic E-state index is 11.5. The maximum Gasteiger partial charge on any atom is 0.433 e. The summed E-state index contributed by atoms with van der Waals surface area (Å²) >= 11 is 0. The van der Waals surface area contributed by atoms with Gasteiger partial charge >= 0.3 is 5.88 Å². The zero-order chi connectivity index (χ0) is 14.6. The third-order valence-corrected chi connectivity index (χ3v) is 1.92. The van der Waals surface area contributed by atoms with Crippen LogP contribution in [0.4, 0.5) is 5.88 Å². The van der Waals surface area contributed by atoms with Gasteiger partial charge < -0.3 is 15.1 Å². The quantitative estimate of drug-likeness (QED) is 0.620. The molecule has 0 bridgehead atoms. The number of carbonyl (C=O) groups excluding carboxylic acids is 2. The predicted octanol–water partition coefficient (Wildman–Crippen LogP) is 0.832. The molecule has 104 valence electrons. The first-order chi connectivity index (χ1) is 8.69. The average Bonchev–Trinajstić information content (AvgIpc) is 2.72. The molecule has 0 aliphatic carbocycles. The van der Waals surface area contributed by atoms with E-state index in [1.165, 1.54) is 6.07 Å². The SMILES string of the molecule is CC(C)(C)NC(=O)CNC(=O)c1ccc([N+](=O)[O-])o1. The second kappa shape index (κ2) is 5.51. The van der Waals surface area contributed by atoms with E-state index in [1.54, 1.807) is 0 Å². The van der Waals surface area contributed by atoms with Gasteiger partial charge in [-0.15, -0.1) is 0 Å². The van der Waals surface area contributed by atoms with E-state index >= 15 is 0 Å². The van der Waals surface area contributed by atoms with Gasteiger partial charge in [0.1, 0.15) is 4.92 Å². The average molecular weight is 269 g/mol. The van der Waals surface area contributed by atoms with E-state index in [2.05, 4.69) is 10.6 Å². The number of amides is 2. The molecule has 1 rings (SSSR count). The second-order valence-corrected chi connectivity index (χ2v) is 4.88. The number of nitrogens with one attached hydrogen (secondary N) is 2. The molecule has 0 saturated heterocycles. The normalized spacial score (nSPS) is 10.9. The number of carbonyl (C=O) groups is 2. The number of hydrogen-bond acceptors (Lipinski definition) is 5. The summed E-state index contributed by atoms with van der Waals surface area (Å²) in [6, 6.07) is 2.25. The van der Waals surface area contributed by atoms with E-state index in [4.69, 9.17) is 4.42 Å². The molecule has 0 aliphatic rings. The van der Waals surface area contributed by atoms with Crippen molar-refractivity contribution in [3.05, 3.63) is 28.0 Å². The molecule has 2 amide bonds. The lowest BCUT2D eigenvalue weighted by atomic mass is 10.1. The zero-order valence-corrected chi connectivity index (χ0v) is 10.9. The molecule has 1 aromatic heterocycles. The van der Waals surface area contributed by atoms with Gasteiger partial charge in [-0.1, -0.05) is 0 Å². The third kappa shape index (κ3) is 4.78. The van der Waals surface area contributed by atoms with Crippen LogP contribution in [0, 0.1) is 10.1 Å². The first-order valence-corrected chi connectivity index (χ1v) is 5.52. The molecule has 0 spiro atoms. The molecular weight excluding hydrogens is 254 g/mol. The summed E-state index contributed by atoms with van der Waals surface area (Å²) in [7, 11) is 0. The van der Waals surface area contributed by atoms with E-state index in [1.807, 2.05) is 20.8 Å². The van der Waals surface area contributed by atoms with Crippen LogP contribution in [0.2, 0.25) is 0 Å². The van der Waals surface area contributed by atoms with E-state index in [-0.39, 0.29) is 18.2 Å². The van der Waals surface area contributed by atoms with Crippen LogP contribution in [-0.4, -0.2) is 28.8 Å². The van der Waals surface area contributed by atoms with Crippen LogP contribution in [-0.2, 0) is 4.79 Å². The van der Waals surface area contributed by atoms with E-state index in [0.29, 0.717) is 0 Å². The van der Waals surface area contributed by atoms with Gasteiger partial charge in [0.05, 0.1) is 12.6 Å². The fourth-order valence-corrected chi connectivity index (χ4v) is 1.26. The Morgan fingerprint density at radius 2 is 2.00 bits per heavy atom. The smallest absolute Gasteiger partial charge is 0.395 e. The highest BCUT2D eigenvalue weighted by molar-refractivity contribution is 5.94. The van der Waals surface area contributed by atoms with Gasteiger partial charge in [0.2, 0.25) is 5.91 Å². The predicted molar refractivity (Wildman–Crippen MR) is 65.6 cm³/mol. The Morgan fingerprint density at radius 1 is 1.37 bits per heavy atom. The van der Waals surface area contributed by atoms with E-state index in [0.717, 1.165) is 6.07 Å². The maximum absolute atomic E-state index is 11.5. The fraction of sp³-hybridized carbons (Fsp3) is 0.455. The molecule has 0 unspecified atom stereocenters. The molecule has 19 heavy (non-hydrogen) atoms. The van der Waals surface area contributed by atoms with Gasteiger partial charge in [-0.3, -0.25) is 19.7 Å². The van der Waals surface area contributed by atoms with Crippen molar-refractivity contribution < 1.29 is 18.9 Å². The Balaban J connectivity index is 2.51. The van der Waals surface area contributed by atoms with Gasteiger partial charge in [0.15, 0.2) is 5.76 Å². The molecule has 1 heterocycles. The van der Waals surface area contributed by atoms with Gasteiger partial charge in [0.25, 0.3) is 5.91 Å². The lowest BCUT2D eigenvalue weighted by molar-refractivity contribution is -0.402. The molecule has 0 aliphatic heterocycles. The van der Waals surface area contributed by atoms with Crippen LogP contribution < -0.4 is 10.6 Å². The van der Waals surface area contributed by atoms with E-state index in [9.17, 15) is 19.7 Å². The standard InChI is InChI=1S/C11H15N3O5/c1-11(2,3)13-8(15)6-12-10(16)7-4-5-9(19-7)14(17)18/h4-5H,6H2,1-3H3,(H,12,16)(H,13,15). The van der Waals surface area contributed by atoms with Crippen molar-refractivity contribution in [1.29, 1.82) is 0 Å². The molecule has 8 heteroatoms. The van der Waals surface area contributed by atoms with Gasteiger partial charge in [-0.05, 0) is 26.8 Å². The number of nitrogens with zero attached hydrogens (tertiary/aromatic N) is 1. The number of hydrogen-bond donors (Lipinski definition) is 2. The second-order valence-electron chi connectivity index (χ2n) is 4.88. The summed E-state index contributed by atoms with van der Waals surface area (Å²) in [6.45, 7) is 5.19. The summed E-state index contributed by atoms with van der Waals surface area (Å²) < 4.78 is 4.70. The highest BCUT2D eigenvalue weighted by Crippen LogP contribution is 2.15. The summed E-state index contributed by atoms with van der Waals surface area (Å²) in [5.74, 6) is -1.78. The molecular formula is C11H15N3O5. The Hall–Kier alpha value is -2.38. The van der Waals surface area contributed by atoms with Crippen molar-refractivity contribution in [3.63, 3.8) is 0 Å². The minimum Gasteiger partial charge on any atom is -0.395 e. The fourth-order valence-electron chi connectivity index (χ4n) is 1.26. The minimum absolute atomic E-state index is 0.213. The van der Waals surface area contributed by atoms with Crippen molar-refractivity contribution >= 4 is 17.7 Å². The molecule has 1 aromatic rings. The number of rotatable bonds is 4. The first kappa shape index (κ1) is 14.7. The molecule has 0 radical (unpaired) electrons. The molecule has 2 N–H and O–H groups in total. The Bertz CT molecular complexity index is 501. The third-order valence-electron chi connectivity index (χ3n) is 1.92. The first-order valence-electron chi connectivity index (χ1n) is 5.52. The summed E-state index contributed by atoms with van der Waals surface area (Å²) in [4.78, 5) is 32.6. The van der Waals surface area contributed by atoms with Gasteiger partial charge in [-0.25, -0.2) is 0 Å². The van der Waals surface area contributed by atoms with Crippen molar-refractivity contribution in [2.24, 2.45) is 0 Å². The number of furan rings is 1. The Morgan fingerprint density at radius 3 is 2.47 bits per heavy atom. The topological polar surface area (TPSA) is 114 Å². The van der Waals surface area contributed by atoms with Crippen LogP contribution in [0.5, 0.6) is 0 Å². The highest BCUT2D eigenvalue weighted by atomic mass is 16.6. The van der Waals surface area contributed by atoms with Crippen LogP contribution >= 0.6 is 0 Å². The van der Waals surface area contributed by atoms with Crippen molar-refractivity contribution in [2.75, 3.05) is 6.54 Å².